The zero-order valence-corrected chi connectivity index (χ0v) is 19.3. The molecule has 0 fully saturated rings. The molecule has 0 aliphatic carbocycles. The van der Waals surface area contributed by atoms with Gasteiger partial charge in [0.1, 0.15) is 5.75 Å². The van der Waals surface area contributed by atoms with Crippen molar-refractivity contribution in [2.24, 2.45) is 0 Å². The monoisotopic (exact) mass is 451 g/mol. The minimum atomic E-state index is -0.269. The highest BCUT2D eigenvalue weighted by Crippen LogP contribution is 2.27. The van der Waals surface area contributed by atoms with Crippen LogP contribution in [0, 0.1) is 6.92 Å². The Kier molecular flexibility index (Phi) is 7.92. The molecule has 3 N–H and O–H groups in total. The zero-order chi connectivity index (χ0) is 22.2. The Hall–Kier alpha value is -3.03. The Morgan fingerprint density at radius 2 is 1.52 bits per heavy atom. The molecule has 0 spiro atoms. The van der Waals surface area contributed by atoms with E-state index in [4.69, 9.17) is 17.0 Å². The largest absolute Gasteiger partial charge is 0.497 e. The minimum absolute atomic E-state index is 0.0647. The summed E-state index contributed by atoms with van der Waals surface area (Å²) in [5.41, 5.74) is 3.72. The molecule has 7 heteroatoms. The smallest absolute Gasteiger partial charge is 0.237 e. The SMILES string of the molecule is COc1ccc(NC(=O)C(C)Sc2cccc(NC(=S)Nc3ccc(C)cc3)c2)cc1. The first-order chi connectivity index (χ1) is 14.9. The number of thioether (sulfide) groups is 1. The van der Waals surface area contributed by atoms with Gasteiger partial charge in [-0.3, -0.25) is 4.79 Å². The molecule has 1 atom stereocenters. The van der Waals surface area contributed by atoms with E-state index >= 15 is 0 Å². The summed E-state index contributed by atoms with van der Waals surface area (Å²) in [7, 11) is 1.61. The number of aryl methyl sites for hydroxylation is 1. The Balaban J connectivity index is 1.55. The molecule has 3 aromatic rings. The number of rotatable bonds is 7. The second-order valence-electron chi connectivity index (χ2n) is 6.95. The lowest BCUT2D eigenvalue weighted by Gasteiger charge is -2.14. The average molecular weight is 452 g/mol. The number of hydrogen-bond acceptors (Lipinski definition) is 4. The van der Waals surface area contributed by atoms with Crippen molar-refractivity contribution in [3.05, 3.63) is 78.4 Å². The van der Waals surface area contributed by atoms with Gasteiger partial charge in [0.2, 0.25) is 5.91 Å². The van der Waals surface area contributed by atoms with Crippen molar-refractivity contribution in [2.45, 2.75) is 24.0 Å². The molecule has 0 radical (unpaired) electrons. The van der Waals surface area contributed by atoms with Crippen LogP contribution in [0.25, 0.3) is 0 Å². The van der Waals surface area contributed by atoms with Crippen LogP contribution >= 0.6 is 24.0 Å². The quantitative estimate of drug-likeness (QED) is 0.306. The summed E-state index contributed by atoms with van der Waals surface area (Å²) in [5.74, 6) is 0.685. The number of thiocarbonyl (C=S) groups is 1. The van der Waals surface area contributed by atoms with Gasteiger partial charge in [-0.2, -0.15) is 0 Å². The van der Waals surface area contributed by atoms with Gasteiger partial charge in [0.05, 0.1) is 12.4 Å². The number of nitrogens with one attached hydrogen (secondary N) is 3. The maximum Gasteiger partial charge on any atom is 0.237 e. The van der Waals surface area contributed by atoms with Gasteiger partial charge >= 0.3 is 0 Å². The molecule has 0 heterocycles. The fraction of sp³-hybridized carbons (Fsp3) is 0.167. The molecule has 3 aromatic carbocycles. The molecular weight excluding hydrogens is 426 g/mol. The number of methoxy groups -OCH3 is 1. The van der Waals surface area contributed by atoms with E-state index in [1.54, 1.807) is 7.11 Å². The van der Waals surface area contributed by atoms with Gasteiger partial charge in [-0.05, 0) is 80.7 Å². The molecule has 0 saturated heterocycles. The van der Waals surface area contributed by atoms with E-state index in [0.29, 0.717) is 5.11 Å². The summed E-state index contributed by atoms with van der Waals surface area (Å²) in [6, 6.07) is 23.1. The van der Waals surface area contributed by atoms with E-state index in [1.807, 2.05) is 86.6 Å². The highest BCUT2D eigenvalue weighted by molar-refractivity contribution is 8.00. The molecule has 31 heavy (non-hydrogen) atoms. The van der Waals surface area contributed by atoms with Crippen LogP contribution in [0.2, 0.25) is 0 Å². The van der Waals surface area contributed by atoms with Gasteiger partial charge in [0.15, 0.2) is 5.11 Å². The van der Waals surface area contributed by atoms with Crippen LogP contribution in [0.3, 0.4) is 0 Å². The molecule has 160 valence electrons. The zero-order valence-electron chi connectivity index (χ0n) is 17.6. The van der Waals surface area contributed by atoms with Gasteiger partial charge in [-0.15, -0.1) is 11.8 Å². The lowest BCUT2D eigenvalue weighted by molar-refractivity contribution is -0.115. The summed E-state index contributed by atoms with van der Waals surface area (Å²) in [4.78, 5) is 13.5. The second kappa shape index (κ2) is 10.8. The second-order valence-corrected chi connectivity index (χ2v) is 8.77. The number of carbonyl (C=O) groups is 1. The van der Waals surface area contributed by atoms with Gasteiger partial charge in [0, 0.05) is 22.0 Å². The number of amides is 1. The Labute approximate surface area is 192 Å². The standard InChI is InChI=1S/C24H25N3O2S2/c1-16-7-9-19(10-8-16)26-24(30)27-20-5-4-6-22(15-20)31-17(2)23(28)25-18-11-13-21(29-3)14-12-18/h4-15,17H,1-3H3,(H,25,28)(H2,26,27,30). The summed E-state index contributed by atoms with van der Waals surface area (Å²) in [5, 5.41) is 9.54. The van der Waals surface area contributed by atoms with Crippen LogP contribution in [-0.2, 0) is 4.79 Å². The van der Waals surface area contributed by atoms with Crippen LogP contribution in [-0.4, -0.2) is 23.4 Å². The van der Waals surface area contributed by atoms with Crippen LogP contribution in [0.5, 0.6) is 5.75 Å². The third-order valence-corrected chi connectivity index (χ3v) is 5.74. The molecule has 3 rings (SSSR count). The third kappa shape index (κ3) is 7.01. The number of carbonyl (C=O) groups excluding carboxylic acids is 1. The molecule has 0 aliphatic rings. The van der Waals surface area contributed by atoms with Crippen molar-refractivity contribution in [2.75, 3.05) is 23.1 Å². The molecule has 0 saturated carbocycles. The molecule has 0 aromatic heterocycles. The first-order valence-electron chi connectivity index (χ1n) is 9.79. The highest BCUT2D eigenvalue weighted by Gasteiger charge is 2.15. The van der Waals surface area contributed by atoms with Crippen molar-refractivity contribution >= 4 is 52.1 Å². The van der Waals surface area contributed by atoms with E-state index in [1.165, 1.54) is 17.3 Å². The third-order valence-electron chi connectivity index (χ3n) is 4.44. The molecule has 0 aliphatic heterocycles. The number of benzene rings is 3. The Bertz CT molecular complexity index is 1040. The van der Waals surface area contributed by atoms with Crippen molar-refractivity contribution < 1.29 is 9.53 Å². The van der Waals surface area contributed by atoms with Crippen molar-refractivity contribution in [3.63, 3.8) is 0 Å². The average Bonchev–Trinajstić information content (AvgIpc) is 2.76. The molecule has 1 amide bonds. The molecular formula is C24H25N3O2S2. The predicted octanol–water partition coefficient (Wildman–Crippen LogP) is 5.93. The lowest BCUT2D eigenvalue weighted by Crippen LogP contribution is -2.22. The van der Waals surface area contributed by atoms with Gasteiger partial charge < -0.3 is 20.7 Å². The number of anilines is 3. The van der Waals surface area contributed by atoms with Crippen molar-refractivity contribution in [3.8, 4) is 5.75 Å². The maximum absolute atomic E-state index is 12.6. The Morgan fingerprint density at radius 1 is 0.903 bits per heavy atom. The van der Waals surface area contributed by atoms with Gasteiger partial charge in [-0.25, -0.2) is 0 Å². The molecule has 0 bridgehead atoms. The fourth-order valence-electron chi connectivity index (χ4n) is 2.75. The van der Waals surface area contributed by atoms with E-state index in [2.05, 4.69) is 16.0 Å². The number of ether oxygens (including phenoxy) is 1. The minimum Gasteiger partial charge on any atom is -0.497 e. The maximum atomic E-state index is 12.6. The topological polar surface area (TPSA) is 62.4 Å². The molecule has 5 nitrogen and oxygen atoms in total. The first-order valence-corrected chi connectivity index (χ1v) is 11.1. The first kappa shape index (κ1) is 22.7. The Morgan fingerprint density at radius 3 is 2.19 bits per heavy atom. The number of hydrogen-bond donors (Lipinski definition) is 3. The normalized spacial score (nSPS) is 11.3. The van der Waals surface area contributed by atoms with Crippen LogP contribution < -0.4 is 20.7 Å². The lowest BCUT2D eigenvalue weighted by atomic mass is 10.2. The van der Waals surface area contributed by atoms with Crippen LogP contribution in [0.1, 0.15) is 12.5 Å². The highest BCUT2D eigenvalue weighted by atomic mass is 32.2. The summed E-state index contributed by atoms with van der Waals surface area (Å²) >= 11 is 6.90. The van der Waals surface area contributed by atoms with Crippen molar-refractivity contribution in [1.29, 1.82) is 0 Å². The predicted molar refractivity (Wildman–Crippen MR) is 134 cm³/mol. The van der Waals surface area contributed by atoms with E-state index < -0.39 is 0 Å². The molecule has 1 unspecified atom stereocenters. The summed E-state index contributed by atoms with van der Waals surface area (Å²) < 4.78 is 5.14. The van der Waals surface area contributed by atoms with Crippen LogP contribution in [0.4, 0.5) is 17.1 Å². The summed E-state index contributed by atoms with van der Waals surface area (Å²) in [6.45, 7) is 3.93. The fourth-order valence-corrected chi connectivity index (χ4v) is 3.92. The van der Waals surface area contributed by atoms with Gasteiger partial charge in [0.25, 0.3) is 0 Å². The van der Waals surface area contributed by atoms with E-state index in [-0.39, 0.29) is 11.2 Å². The van der Waals surface area contributed by atoms with E-state index in [0.717, 1.165) is 27.7 Å². The van der Waals surface area contributed by atoms with E-state index in [9.17, 15) is 4.79 Å². The summed E-state index contributed by atoms with van der Waals surface area (Å²) in [6.07, 6.45) is 0. The van der Waals surface area contributed by atoms with Crippen LogP contribution in [0.15, 0.2) is 77.7 Å². The van der Waals surface area contributed by atoms with Gasteiger partial charge in [-0.1, -0.05) is 23.8 Å². The van der Waals surface area contributed by atoms with Crippen molar-refractivity contribution in [1.82, 2.24) is 0 Å².